The van der Waals surface area contributed by atoms with Crippen molar-refractivity contribution in [3.8, 4) is 5.75 Å². The molecule has 2 unspecified atom stereocenters. The van der Waals surface area contributed by atoms with Crippen molar-refractivity contribution in [1.29, 1.82) is 0 Å². The van der Waals surface area contributed by atoms with Crippen molar-refractivity contribution in [2.45, 2.75) is 56.2 Å². The van der Waals surface area contributed by atoms with E-state index >= 15 is 0 Å². The van der Waals surface area contributed by atoms with Crippen molar-refractivity contribution < 1.29 is 37.2 Å². The van der Waals surface area contributed by atoms with Gasteiger partial charge in [0.25, 0.3) is 10.1 Å². The number of carbonyl (C=O) groups is 3. The van der Waals surface area contributed by atoms with Crippen LogP contribution in [0.3, 0.4) is 0 Å². The third kappa shape index (κ3) is 10.3. The lowest BCUT2D eigenvalue weighted by molar-refractivity contribution is -0.129. The molecule has 0 radical (unpaired) electrons. The van der Waals surface area contributed by atoms with E-state index in [1.807, 2.05) is 0 Å². The summed E-state index contributed by atoms with van der Waals surface area (Å²) in [4.78, 5) is 38.8. The molecule has 0 heterocycles. The Bertz CT molecular complexity index is 1540. The fourth-order valence-corrected chi connectivity index (χ4v) is 4.57. The van der Waals surface area contributed by atoms with Gasteiger partial charge in [-0.2, -0.15) is 8.42 Å². The minimum atomic E-state index is -4.34. The lowest BCUT2D eigenvalue weighted by atomic mass is 10.0. The maximum absolute atomic E-state index is 13.5. The van der Waals surface area contributed by atoms with E-state index in [0.29, 0.717) is 22.5 Å². The van der Waals surface area contributed by atoms with E-state index in [0.717, 1.165) is 0 Å². The number of benzene rings is 3. The average Bonchev–Trinajstić information content (AvgIpc) is 2.92. The second kappa shape index (κ2) is 14.0. The molecule has 0 aliphatic rings. The van der Waals surface area contributed by atoms with Gasteiger partial charge in [0.05, 0.1) is 4.90 Å². The van der Waals surface area contributed by atoms with Crippen LogP contribution in [0.25, 0.3) is 0 Å². The SMILES string of the molecule is CNC(=O)C(Cc1ccccc1Nc1ccc(S(=O)(=O)O)cc1)NC(=O)C(Cc1ccc(O)cc1)NC(=O)OC(C)(C)C. The minimum absolute atomic E-state index is 0.0474. The Morgan fingerprint density at radius 2 is 1.44 bits per heavy atom. The van der Waals surface area contributed by atoms with E-state index < -0.39 is 45.7 Å². The van der Waals surface area contributed by atoms with E-state index in [2.05, 4.69) is 21.3 Å². The van der Waals surface area contributed by atoms with Gasteiger partial charge >= 0.3 is 6.09 Å². The highest BCUT2D eigenvalue weighted by molar-refractivity contribution is 7.85. The minimum Gasteiger partial charge on any atom is -0.508 e. The average molecular weight is 613 g/mol. The first-order chi connectivity index (χ1) is 20.1. The number of phenolic OH excluding ortho intramolecular Hbond substituents is 1. The number of rotatable bonds is 11. The number of ether oxygens (including phenoxy) is 1. The number of hydrogen-bond acceptors (Lipinski definition) is 8. The number of para-hydroxylation sites is 1. The molecule has 2 atom stereocenters. The Morgan fingerprint density at radius 3 is 2.02 bits per heavy atom. The second-order valence-corrected chi connectivity index (χ2v) is 12.2. The third-order valence-electron chi connectivity index (χ3n) is 6.14. The van der Waals surface area contributed by atoms with Crippen molar-refractivity contribution in [3.63, 3.8) is 0 Å². The highest BCUT2D eigenvalue weighted by atomic mass is 32.2. The van der Waals surface area contributed by atoms with E-state index in [-0.39, 0.29) is 23.5 Å². The third-order valence-corrected chi connectivity index (χ3v) is 7.00. The molecule has 0 saturated carbocycles. The molecule has 0 bridgehead atoms. The van der Waals surface area contributed by atoms with Crippen molar-refractivity contribution in [1.82, 2.24) is 16.0 Å². The van der Waals surface area contributed by atoms with Gasteiger partial charge in [0.2, 0.25) is 11.8 Å². The molecule has 3 aromatic carbocycles. The lowest BCUT2D eigenvalue weighted by Gasteiger charge is -2.25. The zero-order valence-corrected chi connectivity index (χ0v) is 25.1. The van der Waals surface area contributed by atoms with Crippen molar-refractivity contribution in [2.24, 2.45) is 0 Å². The summed E-state index contributed by atoms with van der Waals surface area (Å²) >= 11 is 0. The molecule has 0 aliphatic heterocycles. The predicted octanol–water partition coefficient (Wildman–Crippen LogP) is 3.29. The number of likely N-dealkylation sites (N-methyl/N-ethyl adjacent to an activating group) is 1. The van der Waals surface area contributed by atoms with E-state index in [1.165, 1.54) is 43.4 Å². The Hall–Kier alpha value is -4.62. The number of alkyl carbamates (subject to hydrolysis) is 1. The highest BCUT2D eigenvalue weighted by Gasteiger charge is 2.29. The van der Waals surface area contributed by atoms with E-state index in [9.17, 15) is 32.5 Å². The van der Waals surface area contributed by atoms with E-state index in [1.54, 1.807) is 57.2 Å². The van der Waals surface area contributed by atoms with Gasteiger partial charge < -0.3 is 31.1 Å². The monoisotopic (exact) mass is 612 g/mol. The standard InChI is InChI=1S/C30H36N4O8S/c1-30(2,3)42-29(38)34-25(17-19-9-13-22(35)14-10-19)28(37)33-26(27(36)31-4)18-20-7-5-6-8-24(20)32-21-11-15-23(16-12-21)43(39,40)41/h5-16,25-26,32,35H,17-18H2,1-4H3,(H,31,36)(H,33,37)(H,34,38)(H,39,40,41). The normalized spacial score (nSPS) is 12.9. The Balaban J connectivity index is 1.83. The summed E-state index contributed by atoms with van der Waals surface area (Å²) < 4.78 is 37.3. The van der Waals surface area contributed by atoms with Crippen LogP contribution in [0.1, 0.15) is 31.9 Å². The largest absolute Gasteiger partial charge is 0.508 e. The van der Waals surface area contributed by atoms with Gasteiger partial charge in [-0.3, -0.25) is 14.1 Å². The van der Waals surface area contributed by atoms with Crippen molar-refractivity contribution >= 4 is 39.4 Å². The summed E-state index contributed by atoms with van der Waals surface area (Å²) in [5, 5.41) is 20.7. The van der Waals surface area contributed by atoms with Crippen LogP contribution >= 0.6 is 0 Å². The summed E-state index contributed by atoms with van der Waals surface area (Å²) in [5.41, 5.74) is 1.62. The molecule has 6 N–H and O–H groups in total. The number of anilines is 2. The Kier molecular flexibility index (Phi) is 10.7. The summed E-state index contributed by atoms with van der Waals surface area (Å²) in [6.07, 6.45) is -0.683. The van der Waals surface area contributed by atoms with Crippen LogP contribution in [0.2, 0.25) is 0 Å². The molecule has 0 spiro atoms. The van der Waals surface area contributed by atoms with Crippen LogP contribution in [0.4, 0.5) is 16.2 Å². The second-order valence-electron chi connectivity index (χ2n) is 10.7. The summed E-state index contributed by atoms with van der Waals surface area (Å²) in [5.74, 6) is -1.05. The lowest BCUT2D eigenvalue weighted by Crippen LogP contribution is -2.55. The molecular weight excluding hydrogens is 576 g/mol. The molecule has 3 aromatic rings. The van der Waals surface area contributed by atoms with Crippen LogP contribution in [0.5, 0.6) is 5.75 Å². The fourth-order valence-electron chi connectivity index (χ4n) is 4.09. The van der Waals surface area contributed by atoms with Crippen LogP contribution in [-0.2, 0) is 37.3 Å². The quantitative estimate of drug-likeness (QED) is 0.177. The summed E-state index contributed by atoms with van der Waals surface area (Å²) in [7, 11) is -2.90. The van der Waals surface area contributed by atoms with Gasteiger partial charge in [0.15, 0.2) is 0 Å². The van der Waals surface area contributed by atoms with Gasteiger partial charge in [-0.05, 0) is 74.4 Å². The molecule has 0 saturated heterocycles. The van der Waals surface area contributed by atoms with Gasteiger partial charge in [-0.15, -0.1) is 0 Å². The van der Waals surface area contributed by atoms with Crippen LogP contribution < -0.4 is 21.3 Å². The van der Waals surface area contributed by atoms with Crippen molar-refractivity contribution in [2.75, 3.05) is 12.4 Å². The first kappa shape index (κ1) is 32.9. The van der Waals surface area contributed by atoms with Gasteiger partial charge in [0, 0.05) is 31.3 Å². The number of amides is 3. The molecule has 13 heteroatoms. The molecule has 0 aliphatic carbocycles. The van der Waals surface area contributed by atoms with Crippen LogP contribution in [0.15, 0.2) is 77.7 Å². The van der Waals surface area contributed by atoms with E-state index in [4.69, 9.17) is 4.74 Å². The molecule has 3 rings (SSSR count). The van der Waals surface area contributed by atoms with Crippen LogP contribution in [0, 0.1) is 0 Å². The number of carbonyl (C=O) groups excluding carboxylic acids is 3. The molecule has 3 amide bonds. The molecule has 12 nitrogen and oxygen atoms in total. The first-order valence-corrected chi connectivity index (χ1v) is 14.8. The number of aromatic hydroxyl groups is 1. The smallest absolute Gasteiger partial charge is 0.408 e. The molecule has 43 heavy (non-hydrogen) atoms. The first-order valence-electron chi connectivity index (χ1n) is 13.4. The fraction of sp³-hybridized carbons (Fsp3) is 0.300. The molecular formula is C30H36N4O8S. The van der Waals surface area contributed by atoms with Crippen LogP contribution in [-0.4, -0.2) is 60.7 Å². The maximum atomic E-state index is 13.5. The topological polar surface area (TPSA) is 183 Å². The zero-order chi connectivity index (χ0) is 31.8. The summed E-state index contributed by atoms with van der Waals surface area (Å²) in [6, 6.07) is 16.5. The zero-order valence-electron chi connectivity index (χ0n) is 24.2. The number of nitrogens with one attached hydrogen (secondary N) is 4. The van der Waals surface area contributed by atoms with Gasteiger partial charge in [0.1, 0.15) is 23.4 Å². The number of phenols is 1. The predicted molar refractivity (Wildman–Crippen MR) is 161 cm³/mol. The van der Waals surface area contributed by atoms with Gasteiger partial charge in [-0.25, -0.2) is 4.79 Å². The number of hydrogen-bond donors (Lipinski definition) is 6. The molecule has 0 aromatic heterocycles. The maximum Gasteiger partial charge on any atom is 0.408 e. The van der Waals surface area contributed by atoms with Crippen molar-refractivity contribution in [3.05, 3.63) is 83.9 Å². The summed E-state index contributed by atoms with van der Waals surface area (Å²) in [6.45, 7) is 5.08. The van der Waals surface area contributed by atoms with Gasteiger partial charge in [-0.1, -0.05) is 30.3 Å². The Morgan fingerprint density at radius 1 is 0.837 bits per heavy atom. The molecule has 0 fully saturated rings. The molecule has 230 valence electrons. The Labute approximate surface area is 250 Å². The highest BCUT2D eigenvalue weighted by Crippen LogP contribution is 2.24.